The number of piperidine rings is 1. The van der Waals surface area contributed by atoms with Crippen LogP contribution in [0, 0.1) is 11.7 Å². The molecule has 190 valence electrons. The Labute approximate surface area is 215 Å². The number of aromatic nitrogens is 4. The number of rotatable bonds is 5. The molecule has 2 fully saturated rings. The van der Waals surface area contributed by atoms with E-state index in [2.05, 4.69) is 44.3 Å². The Hall–Kier alpha value is -3.85. The van der Waals surface area contributed by atoms with E-state index in [9.17, 15) is 9.18 Å². The normalized spacial score (nSPS) is 17.4. The van der Waals surface area contributed by atoms with E-state index in [0.717, 1.165) is 64.5 Å². The molecular formula is C28H30FN7O. The smallest absolute Gasteiger partial charge is 0.225 e. The molecule has 0 radical (unpaired) electrons. The first kappa shape index (κ1) is 23.5. The number of nitrogens with zero attached hydrogens (tertiary/aromatic N) is 7. The van der Waals surface area contributed by atoms with Crippen LogP contribution in [0.15, 0.2) is 66.7 Å². The number of carbonyl (C=O) groups excluding carboxylic acids is 1. The lowest BCUT2D eigenvalue weighted by Crippen LogP contribution is -2.51. The van der Waals surface area contributed by atoms with Gasteiger partial charge in [-0.3, -0.25) is 9.69 Å². The van der Waals surface area contributed by atoms with Gasteiger partial charge in [0.1, 0.15) is 11.6 Å². The van der Waals surface area contributed by atoms with Crippen molar-refractivity contribution in [3.05, 3.63) is 78.1 Å². The number of amides is 1. The molecule has 4 aromatic rings. The van der Waals surface area contributed by atoms with Crippen molar-refractivity contribution in [2.45, 2.75) is 19.4 Å². The third kappa shape index (κ3) is 4.91. The summed E-state index contributed by atoms with van der Waals surface area (Å²) in [6.07, 6.45) is 1.59. The van der Waals surface area contributed by atoms with Crippen LogP contribution in [0.5, 0.6) is 0 Å². The van der Waals surface area contributed by atoms with Crippen molar-refractivity contribution in [2.24, 2.45) is 5.92 Å². The molecule has 0 atom stereocenters. The van der Waals surface area contributed by atoms with Gasteiger partial charge in [-0.15, -0.1) is 15.3 Å². The van der Waals surface area contributed by atoms with Gasteiger partial charge < -0.3 is 9.80 Å². The number of halogens is 1. The Morgan fingerprint density at radius 1 is 0.838 bits per heavy atom. The first-order chi connectivity index (χ1) is 18.2. The number of carbonyl (C=O) groups is 1. The van der Waals surface area contributed by atoms with Crippen molar-refractivity contribution in [3.63, 3.8) is 0 Å². The van der Waals surface area contributed by atoms with Crippen LogP contribution in [0.3, 0.4) is 0 Å². The average Bonchev–Trinajstić information content (AvgIpc) is 3.37. The van der Waals surface area contributed by atoms with Gasteiger partial charge in [0.25, 0.3) is 0 Å². The molecule has 9 heteroatoms. The molecule has 0 aliphatic carbocycles. The van der Waals surface area contributed by atoms with Gasteiger partial charge in [-0.25, -0.2) is 4.39 Å². The molecule has 2 aliphatic heterocycles. The van der Waals surface area contributed by atoms with Gasteiger partial charge in [-0.2, -0.15) is 4.52 Å². The quantitative estimate of drug-likeness (QED) is 0.419. The van der Waals surface area contributed by atoms with Crippen molar-refractivity contribution < 1.29 is 9.18 Å². The molecule has 0 bridgehead atoms. The first-order valence-electron chi connectivity index (χ1n) is 12.9. The number of fused-ring (bicyclic) bond motifs is 1. The second-order valence-corrected chi connectivity index (χ2v) is 9.81. The molecule has 37 heavy (non-hydrogen) atoms. The molecule has 0 N–H and O–H groups in total. The van der Waals surface area contributed by atoms with Gasteiger partial charge in [0.05, 0.1) is 5.56 Å². The lowest BCUT2D eigenvalue weighted by Gasteiger charge is -2.38. The van der Waals surface area contributed by atoms with Crippen molar-refractivity contribution >= 4 is 17.4 Å². The molecule has 6 rings (SSSR count). The highest BCUT2D eigenvalue weighted by atomic mass is 19.1. The van der Waals surface area contributed by atoms with Crippen molar-refractivity contribution in [2.75, 3.05) is 44.2 Å². The molecule has 2 aromatic carbocycles. The maximum Gasteiger partial charge on any atom is 0.225 e. The predicted octanol–water partition coefficient (Wildman–Crippen LogP) is 3.49. The molecule has 2 aromatic heterocycles. The molecular weight excluding hydrogens is 469 g/mol. The fourth-order valence-electron chi connectivity index (χ4n) is 5.34. The number of anilines is 1. The maximum absolute atomic E-state index is 14.4. The Bertz CT molecular complexity index is 1380. The average molecular weight is 500 g/mol. The van der Waals surface area contributed by atoms with Crippen LogP contribution >= 0.6 is 0 Å². The van der Waals surface area contributed by atoms with Crippen LogP contribution in [0.2, 0.25) is 0 Å². The molecule has 0 unspecified atom stereocenters. The fraction of sp³-hybridized carbons (Fsp3) is 0.357. The van der Waals surface area contributed by atoms with E-state index in [4.69, 9.17) is 5.10 Å². The first-order valence-corrected chi connectivity index (χ1v) is 12.9. The molecule has 8 nitrogen and oxygen atoms in total. The monoisotopic (exact) mass is 499 g/mol. The van der Waals surface area contributed by atoms with Crippen molar-refractivity contribution in [3.8, 4) is 11.4 Å². The molecule has 2 saturated heterocycles. The minimum atomic E-state index is -0.357. The summed E-state index contributed by atoms with van der Waals surface area (Å²) < 4.78 is 16.0. The molecule has 2 aliphatic rings. The summed E-state index contributed by atoms with van der Waals surface area (Å²) in [6, 6.07) is 20.8. The summed E-state index contributed by atoms with van der Waals surface area (Å²) in [7, 11) is 0. The molecule has 0 saturated carbocycles. The molecule has 1 amide bonds. The second-order valence-electron chi connectivity index (χ2n) is 9.81. The third-order valence-electron chi connectivity index (χ3n) is 7.46. The van der Waals surface area contributed by atoms with E-state index in [-0.39, 0.29) is 17.6 Å². The number of piperazine rings is 1. The van der Waals surface area contributed by atoms with Gasteiger partial charge in [-0.1, -0.05) is 42.5 Å². The summed E-state index contributed by atoms with van der Waals surface area (Å²) in [4.78, 5) is 19.9. The number of benzene rings is 2. The van der Waals surface area contributed by atoms with E-state index in [0.29, 0.717) is 17.0 Å². The lowest BCUT2D eigenvalue weighted by molar-refractivity contribution is -0.138. The van der Waals surface area contributed by atoms with Crippen LogP contribution in [0.1, 0.15) is 18.4 Å². The largest absolute Gasteiger partial charge is 0.355 e. The van der Waals surface area contributed by atoms with Crippen LogP contribution < -0.4 is 4.90 Å². The highest BCUT2D eigenvalue weighted by molar-refractivity contribution is 5.79. The van der Waals surface area contributed by atoms with Gasteiger partial charge in [-0.05, 0) is 42.7 Å². The minimum Gasteiger partial charge on any atom is -0.355 e. The zero-order valence-corrected chi connectivity index (χ0v) is 20.7. The topological polar surface area (TPSA) is 69.9 Å². The summed E-state index contributed by atoms with van der Waals surface area (Å²) >= 11 is 0. The lowest BCUT2D eigenvalue weighted by atomic mass is 9.95. The van der Waals surface area contributed by atoms with Crippen LogP contribution in [0.25, 0.3) is 17.0 Å². The zero-order chi connectivity index (χ0) is 25.2. The summed E-state index contributed by atoms with van der Waals surface area (Å²) in [5.74, 6) is 1.13. The van der Waals surface area contributed by atoms with Crippen LogP contribution in [-0.4, -0.2) is 74.8 Å². The SMILES string of the molecule is O=C(C1CCN(c2ccc3nnc(-c4ccccc4F)n3n2)CC1)N1CCN(Cc2ccccc2)CC1. The van der Waals surface area contributed by atoms with Gasteiger partial charge in [0.15, 0.2) is 11.5 Å². The van der Waals surface area contributed by atoms with E-state index in [1.807, 2.05) is 23.1 Å². The van der Waals surface area contributed by atoms with Gasteiger partial charge in [0, 0.05) is 51.7 Å². The second kappa shape index (κ2) is 10.3. The number of hydrogen-bond acceptors (Lipinski definition) is 6. The van der Waals surface area contributed by atoms with E-state index in [1.54, 1.807) is 22.7 Å². The fourth-order valence-corrected chi connectivity index (χ4v) is 5.34. The standard InChI is InChI=1S/C28H30FN7O/c29-24-9-5-4-8-23(24)27-31-30-25-10-11-26(32-36(25)27)34-14-12-22(13-15-34)28(37)35-18-16-33(17-19-35)20-21-6-2-1-3-7-21/h1-11,22H,12-20H2. The van der Waals surface area contributed by atoms with E-state index < -0.39 is 0 Å². The summed E-state index contributed by atoms with van der Waals surface area (Å²) in [5.41, 5.74) is 2.25. The number of hydrogen-bond donors (Lipinski definition) is 0. The minimum absolute atomic E-state index is 0.0459. The van der Waals surface area contributed by atoms with Crippen LogP contribution in [0.4, 0.5) is 10.2 Å². The highest BCUT2D eigenvalue weighted by Crippen LogP contribution is 2.26. The Kier molecular flexibility index (Phi) is 6.53. The highest BCUT2D eigenvalue weighted by Gasteiger charge is 2.31. The molecule has 0 spiro atoms. The van der Waals surface area contributed by atoms with E-state index in [1.165, 1.54) is 11.6 Å². The van der Waals surface area contributed by atoms with Gasteiger partial charge >= 0.3 is 0 Å². The van der Waals surface area contributed by atoms with Crippen LogP contribution in [-0.2, 0) is 11.3 Å². The maximum atomic E-state index is 14.4. The Balaban J connectivity index is 1.06. The third-order valence-corrected chi connectivity index (χ3v) is 7.46. The zero-order valence-electron chi connectivity index (χ0n) is 20.7. The Morgan fingerprint density at radius 3 is 2.32 bits per heavy atom. The van der Waals surface area contributed by atoms with Gasteiger partial charge in [0.2, 0.25) is 5.91 Å². The predicted molar refractivity (Wildman–Crippen MR) is 139 cm³/mol. The Morgan fingerprint density at radius 2 is 1.57 bits per heavy atom. The molecule has 4 heterocycles. The van der Waals surface area contributed by atoms with Crippen molar-refractivity contribution in [1.29, 1.82) is 0 Å². The van der Waals surface area contributed by atoms with Crippen molar-refractivity contribution in [1.82, 2.24) is 29.6 Å². The summed E-state index contributed by atoms with van der Waals surface area (Å²) in [6.45, 7) is 5.83. The van der Waals surface area contributed by atoms with E-state index >= 15 is 0 Å². The summed E-state index contributed by atoms with van der Waals surface area (Å²) in [5, 5.41) is 13.0.